The highest BCUT2D eigenvalue weighted by Crippen LogP contribution is 2.40. The Morgan fingerprint density at radius 3 is 2.67 bits per heavy atom. The van der Waals surface area contributed by atoms with Gasteiger partial charge in [-0.15, -0.1) is 0 Å². The van der Waals surface area contributed by atoms with Gasteiger partial charge in [-0.1, -0.05) is 6.92 Å². The number of nitrogens with zero attached hydrogens (tertiary/aromatic N) is 1. The number of benzene rings is 1. The lowest BCUT2D eigenvalue weighted by atomic mass is 9.94. The lowest BCUT2D eigenvalue weighted by Crippen LogP contribution is -2.45. The van der Waals surface area contributed by atoms with Gasteiger partial charge in [-0.25, -0.2) is 9.59 Å². The number of nitro benzene ring substituents is 1. The van der Waals surface area contributed by atoms with Crippen molar-refractivity contribution in [3.8, 4) is 11.5 Å². The number of allylic oxidation sites excluding steroid dienone is 1. The zero-order valence-corrected chi connectivity index (χ0v) is 15.4. The SMILES string of the molecule is CCC(C)OC(=O)C1=C(C)NC(=O)NC1c1cc(OC)c(O)c([N+](=O)[O-])c1. The third-order valence-corrected chi connectivity index (χ3v) is 4.20. The molecule has 2 unspecified atom stereocenters. The Kier molecular flexibility index (Phi) is 5.88. The van der Waals surface area contributed by atoms with Gasteiger partial charge >= 0.3 is 17.7 Å². The van der Waals surface area contributed by atoms with E-state index in [-0.39, 0.29) is 28.7 Å². The molecule has 146 valence electrons. The number of nitro groups is 1. The van der Waals surface area contributed by atoms with Crippen LogP contribution in [-0.2, 0) is 9.53 Å². The lowest BCUT2D eigenvalue weighted by molar-refractivity contribution is -0.386. The Hall–Kier alpha value is -3.30. The monoisotopic (exact) mass is 379 g/mol. The van der Waals surface area contributed by atoms with Gasteiger partial charge in [0.15, 0.2) is 5.75 Å². The molecule has 0 aromatic heterocycles. The first kappa shape index (κ1) is 20.0. The molecular weight excluding hydrogens is 358 g/mol. The molecule has 1 aliphatic heterocycles. The molecule has 0 radical (unpaired) electrons. The van der Waals surface area contributed by atoms with E-state index in [9.17, 15) is 24.8 Å². The van der Waals surface area contributed by atoms with Crippen LogP contribution >= 0.6 is 0 Å². The Morgan fingerprint density at radius 1 is 1.44 bits per heavy atom. The predicted octanol–water partition coefficient (Wildman–Crippen LogP) is 2.28. The molecule has 27 heavy (non-hydrogen) atoms. The number of amides is 2. The largest absolute Gasteiger partial charge is 0.500 e. The number of phenols is 1. The summed E-state index contributed by atoms with van der Waals surface area (Å²) in [6, 6.07) is 0.816. The van der Waals surface area contributed by atoms with Crippen LogP contribution in [0.2, 0.25) is 0 Å². The van der Waals surface area contributed by atoms with Crippen molar-refractivity contribution in [2.45, 2.75) is 39.3 Å². The van der Waals surface area contributed by atoms with Crippen LogP contribution in [0.4, 0.5) is 10.5 Å². The molecule has 1 aliphatic rings. The van der Waals surface area contributed by atoms with Crippen molar-refractivity contribution < 1.29 is 29.1 Å². The maximum atomic E-state index is 12.6. The number of rotatable bonds is 6. The number of nitrogens with one attached hydrogen (secondary N) is 2. The summed E-state index contributed by atoms with van der Waals surface area (Å²) >= 11 is 0. The van der Waals surface area contributed by atoms with Crippen LogP contribution in [0.15, 0.2) is 23.4 Å². The lowest BCUT2D eigenvalue weighted by Gasteiger charge is -2.29. The van der Waals surface area contributed by atoms with Gasteiger partial charge in [0.05, 0.1) is 29.8 Å². The summed E-state index contributed by atoms with van der Waals surface area (Å²) in [4.78, 5) is 35.0. The van der Waals surface area contributed by atoms with E-state index in [1.165, 1.54) is 20.1 Å². The molecule has 0 bridgehead atoms. The minimum atomic E-state index is -1.01. The van der Waals surface area contributed by atoms with Crippen LogP contribution < -0.4 is 15.4 Å². The van der Waals surface area contributed by atoms with Crippen molar-refractivity contribution >= 4 is 17.7 Å². The van der Waals surface area contributed by atoms with E-state index in [4.69, 9.17) is 9.47 Å². The molecule has 0 saturated carbocycles. The molecule has 2 amide bonds. The molecular formula is C17H21N3O7. The number of urea groups is 1. The second kappa shape index (κ2) is 7.94. The van der Waals surface area contributed by atoms with Crippen LogP contribution in [0, 0.1) is 10.1 Å². The minimum absolute atomic E-state index is 0.108. The fourth-order valence-corrected chi connectivity index (χ4v) is 2.62. The highest BCUT2D eigenvalue weighted by Gasteiger charge is 2.35. The van der Waals surface area contributed by atoms with E-state index < -0.39 is 34.4 Å². The van der Waals surface area contributed by atoms with Gasteiger partial charge in [0.25, 0.3) is 0 Å². The molecule has 1 aromatic carbocycles. The van der Waals surface area contributed by atoms with Crippen LogP contribution in [0.3, 0.4) is 0 Å². The van der Waals surface area contributed by atoms with Gasteiger partial charge < -0.3 is 25.2 Å². The molecule has 1 aromatic rings. The zero-order valence-electron chi connectivity index (χ0n) is 15.4. The summed E-state index contributed by atoms with van der Waals surface area (Å²) in [6.07, 6.45) is 0.251. The second-order valence-corrected chi connectivity index (χ2v) is 6.04. The number of hydrogen-bond acceptors (Lipinski definition) is 7. The Bertz CT molecular complexity index is 819. The number of esters is 1. The summed E-state index contributed by atoms with van der Waals surface area (Å²) in [6.45, 7) is 5.11. The van der Waals surface area contributed by atoms with Gasteiger partial charge in [0, 0.05) is 11.8 Å². The number of ether oxygens (including phenoxy) is 2. The van der Waals surface area contributed by atoms with Crippen molar-refractivity contribution in [1.29, 1.82) is 0 Å². The number of carbonyl (C=O) groups is 2. The standard InChI is InChI=1S/C17H21N3O7/c1-5-8(2)27-16(22)13-9(3)18-17(23)19-14(13)10-6-11(20(24)25)15(21)12(7-10)26-4/h6-8,14,21H,5H2,1-4H3,(H2,18,19,23). The van der Waals surface area contributed by atoms with Gasteiger partial charge in [-0.3, -0.25) is 10.1 Å². The number of carbonyl (C=O) groups excluding carboxylic acids is 2. The summed E-state index contributed by atoms with van der Waals surface area (Å²) in [5.74, 6) is -1.45. The van der Waals surface area contributed by atoms with Crippen molar-refractivity contribution in [3.63, 3.8) is 0 Å². The topological polar surface area (TPSA) is 140 Å². The molecule has 0 saturated heterocycles. The average Bonchev–Trinajstić information content (AvgIpc) is 2.60. The van der Waals surface area contributed by atoms with Crippen molar-refractivity contribution in [1.82, 2.24) is 10.6 Å². The fourth-order valence-electron chi connectivity index (χ4n) is 2.62. The maximum Gasteiger partial charge on any atom is 0.338 e. The molecule has 0 aliphatic carbocycles. The highest BCUT2D eigenvalue weighted by atomic mass is 16.6. The first-order valence-corrected chi connectivity index (χ1v) is 8.24. The second-order valence-electron chi connectivity index (χ2n) is 6.04. The summed E-state index contributed by atoms with van der Waals surface area (Å²) in [5.41, 5.74) is -0.0326. The highest BCUT2D eigenvalue weighted by molar-refractivity contribution is 5.95. The number of methoxy groups -OCH3 is 1. The van der Waals surface area contributed by atoms with E-state index in [0.29, 0.717) is 6.42 Å². The van der Waals surface area contributed by atoms with Gasteiger partial charge in [0.2, 0.25) is 5.75 Å². The first-order chi connectivity index (χ1) is 12.7. The van der Waals surface area contributed by atoms with Crippen LogP contribution in [0.25, 0.3) is 0 Å². The van der Waals surface area contributed by atoms with Crippen LogP contribution in [-0.4, -0.2) is 35.2 Å². The Morgan fingerprint density at radius 2 is 2.11 bits per heavy atom. The minimum Gasteiger partial charge on any atom is -0.500 e. The summed E-state index contributed by atoms with van der Waals surface area (Å²) in [7, 11) is 1.24. The quantitative estimate of drug-likeness (QED) is 0.391. The van der Waals surface area contributed by atoms with Crippen molar-refractivity contribution in [2.75, 3.05) is 7.11 Å². The third kappa shape index (κ3) is 4.10. The number of hydrogen-bond donors (Lipinski definition) is 3. The normalized spacial score (nSPS) is 17.6. The van der Waals surface area contributed by atoms with Crippen molar-refractivity contribution in [3.05, 3.63) is 39.1 Å². The molecule has 10 heteroatoms. The third-order valence-electron chi connectivity index (χ3n) is 4.20. The van der Waals surface area contributed by atoms with Gasteiger partial charge in [-0.2, -0.15) is 0 Å². The maximum absolute atomic E-state index is 12.6. The number of phenolic OH excluding ortho intramolecular Hbond substituents is 1. The molecule has 3 N–H and O–H groups in total. The Labute approximate surface area is 155 Å². The van der Waals surface area contributed by atoms with E-state index in [0.717, 1.165) is 6.07 Å². The Balaban J connectivity index is 2.58. The van der Waals surface area contributed by atoms with E-state index >= 15 is 0 Å². The molecule has 2 rings (SSSR count). The molecule has 0 spiro atoms. The smallest absolute Gasteiger partial charge is 0.338 e. The van der Waals surface area contributed by atoms with E-state index in [1.54, 1.807) is 6.92 Å². The van der Waals surface area contributed by atoms with Crippen LogP contribution in [0.1, 0.15) is 38.8 Å². The van der Waals surface area contributed by atoms with Crippen LogP contribution in [0.5, 0.6) is 11.5 Å². The van der Waals surface area contributed by atoms with E-state index in [1.807, 2.05) is 6.92 Å². The van der Waals surface area contributed by atoms with Gasteiger partial charge in [0.1, 0.15) is 0 Å². The molecule has 0 fully saturated rings. The predicted molar refractivity (Wildman–Crippen MR) is 94.3 cm³/mol. The molecule has 1 heterocycles. The average molecular weight is 379 g/mol. The summed E-state index contributed by atoms with van der Waals surface area (Å²) < 4.78 is 10.3. The van der Waals surface area contributed by atoms with E-state index in [2.05, 4.69) is 10.6 Å². The first-order valence-electron chi connectivity index (χ1n) is 8.24. The summed E-state index contributed by atoms with van der Waals surface area (Å²) in [5, 5.41) is 26.2. The molecule has 10 nitrogen and oxygen atoms in total. The molecule has 2 atom stereocenters. The fraction of sp³-hybridized carbons (Fsp3) is 0.412. The number of aromatic hydroxyl groups is 1. The zero-order chi connectivity index (χ0) is 20.3. The van der Waals surface area contributed by atoms with Crippen molar-refractivity contribution in [2.24, 2.45) is 0 Å². The van der Waals surface area contributed by atoms with Gasteiger partial charge in [-0.05, 0) is 31.9 Å².